The van der Waals surface area contributed by atoms with E-state index in [4.69, 9.17) is 9.84 Å². The van der Waals surface area contributed by atoms with Crippen molar-refractivity contribution in [2.75, 3.05) is 13.7 Å². The Kier molecular flexibility index (Phi) is 3.70. The van der Waals surface area contributed by atoms with E-state index >= 15 is 0 Å². The number of imidazole rings is 1. The van der Waals surface area contributed by atoms with Crippen LogP contribution in [-0.2, 0) is 18.3 Å². The van der Waals surface area contributed by atoms with Crippen LogP contribution < -0.4 is 11.2 Å². The zero-order valence-electron chi connectivity index (χ0n) is 11.0. The second-order valence-electron chi connectivity index (χ2n) is 4.23. The Morgan fingerprint density at radius 3 is 2.75 bits per heavy atom. The van der Waals surface area contributed by atoms with E-state index in [0.717, 1.165) is 4.57 Å². The largest absolute Gasteiger partial charge is 0.475 e. The second-order valence-corrected chi connectivity index (χ2v) is 4.23. The Morgan fingerprint density at radius 2 is 2.15 bits per heavy atom. The van der Waals surface area contributed by atoms with Gasteiger partial charge in [-0.3, -0.25) is 14.3 Å². The van der Waals surface area contributed by atoms with Gasteiger partial charge in [0, 0.05) is 27.3 Å². The number of hydrogen-bond acceptors (Lipinski definition) is 5. The number of nitrogens with one attached hydrogen (secondary N) is 1. The molecule has 2 N–H and O–H groups in total. The highest BCUT2D eigenvalue weighted by molar-refractivity contribution is 5.88. The molecule has 0 aliphatic carbocycles. The molecule has 9 heteroatoms. The third-order valence-corrected chi connectivity index (χ3v) is 2.93. The molecule has 0 fully saturated rings. The number of rotatable bonds is 5. The maximum atomic E-state index is 11.8. The first-order valence-electron chi connectivity index (χ1n) is 5.89. The van der Waals surface area contributed by atoms with Gasteiger partial charge < -0.3 is 14.4 Å². The summed E-state index contributed by atoms with van der Waals surface area (Å²) >= 11 is 0. The molecule has 0 spiro atoms. The van der Waals surface area contributed by atoms with Crippen molar-refractivity contribution in [2.24, 2.45) is 7.05 Å². The quantitative estimate of drug-likeness (QED) is 0.690. The van der Waals surface area contributed by atoms with Gasteiger partial charge in [0.15, 0.2) is 11.2 Å². The molecular formula is C11H14N4O5. The normalized spacial score (nSPS) is 11.1. The maximum absolute atomic E-state index is 11.8. The third kappa shape index (κ3) is 2.23. The first-order valence-corrected chi connectivity index (χ1v) is 5.89. The molecular weight excluding hydrogens is 268 g/mol. The molecule has 0 bridgehead atoms. The number of carboxylic acids is 1. The minimum Gasteiger partial charge on any atom is -0.475 e. The van der Waals surface area contributed by atoms with Gasteiger partial charge >= 0.3 is 11.7 Å². The summed E-state index contributed by atoms with van der Waals surface area (Å²) in [4.78, 5) is 40.7. The van der Waals surface area contributed by atoms with E-state index in [1.54, 1.807) is 0 Å². The van der Waals surface area contributed by atoms with Gasteiger partial charge in [0.2, 0.25) is 5.82 Å². The van der Waals surface area contributed by atoms with Crippen molar-refractivity contribution in [3.8, 4) is 0 Å². The smallest absolute Gasteiger partial charge is 0.372 e. The van der Waals surface area contributed by atoms with Crippen LogP contribution in [0.3, 0.4) is 0 Å². The number of nitrogens with zero attached hydrogens (tertiary/aromatic N) is 3. The Hall–Kier alpha value is -2.42. The van der Waals surface area contributed by atoms with Crippen LogP contribution in [0.2, 0.25) is 0 Å². The summed E-state index contributed by atoms with van der Waals surface area (Å²) in [7, 11) is 2.95. The summed E-state index contributed by atoms with van der Waals surface area (Å²) in [5.41, 5.74) is -1.15. The van der Waals surface area contributed by atoms with Gasteiger partial charge in [-0.1, -0.05) is 0 Å². The zero-order valence-corrected chi connectivity index (χ0v) is 11.0. The maximum Gasteiger partial charge on any atom is 0.372 e. The zero-order chi connectivity index (χ0) is 14.9. The summed E-state index contributed by atoms with van der Waals surface area (Å²) in [6.07, 6.45) is 0.538. The van der Waals surface area contributed by atoms with Crippen molar-refractivity contribution >= 4 is 17.1 Å². The molecule has 2 aromatic heterocycles. The number of aromatic nitrogens is 4. The van der Waals surface area contributed by atoms with Gasteiger partial charge in [0.1, 0.15) is 0 Å². The fourth-order valence-corrected chi connectivity index (χ4v) is 2.01. The Bertz CT molecular complexity index is 769. The summed E-state index contributed by atoms with van der Waals surface area (Å²) in [5, 5.41) is 9.03. The molecule has 0 aliphatic rings. The van der Waals surface area contributed by atoms with Crippen molar-refractivity contribution < 1.29 is 14.6 Å². The van der Waals surface area contributed by atoms with Crippen molar-refractivity contribution in [1.82, 2.24) is 19.1 Å². The van der Waals surface area contributed by atoms with E-state index < -0.39 is 17.2 Å². The molecule has 0 amide bonds. The van der Waals surface area contributed by atoms with Crippen LogP contribution in [0.5, 0.6) is 0 Å². The minimum absolute atomic E-state index is 0.0550. The number of carbonyl (C=O) groups is 1. The molecule has 2 rings (SSSR count). The Labute approximate surface area is 112 Å². The number of ether oxygens (including phenoxy) is 1. The van der Waals surface area contributed by atoms with Crippen LogP contribution in [-0.4, -0.2) is 43.9 Å². The molecule has 0 aromatic carbocycles. The highest BCUT2D eigenvalue weighted by Crippen LogP contribution is 2.09. The molecule has 9 nitrogen and oxygen atoms in total. The first-order chi connectivity index (χ1) is 9.47. The number of aryl methyl sites for hydroxylation is 2. The lowest BCUT2D eigenvalue weighted by Crippen LogP contribution is -2.31. The lowest BCUT2D eigenvalue weighted by molar-refractivity contribution is 0.0680. The van der Waals surface area contributed by atoms with Crippen molar-refractivity contribution in [2.45, 2.75) is 13.0 Å². The summed E-state index contributed by atoms with van der Waals surface area (Å²) in [6, 6.07) is 0. The predicted molar refractivity (Wildman–Crippen MR) is 69.0 cm³/mol. The molecule has 0 aliphatic heterocycles. The number of methoxy groups -OCH3 is 1. The number of hydrogen-bond donors (Lipinski definition) is 2. The standard InChI is InChI=1S/C11H14N4O5/c1-14-6-7(12-8(14)10(17)18)15(4-3-5-20-2)11(19)13-9(6)16/h3-5H2,1-2H3,(H,17,18)(H,13,16,19). The van der Waals surface area contributed by atoms with Crippen LogP contribution in [0, 0.1) is 0 Å². The van der Waals surface area contributed by atoms with E-state index in [9.17, 15) is 14.4 Å². The van der Waals surface area contributed by atoms with Crippen molar-refractivity contribution in [3.63, 3.8) is 0 Å². The van der Waals surface area contributed by atoms with E-state index in [2.05, 4.69) is 9.97 Å². The van der Waals surface area contributed by atoms with Crippen LogP contribution in [0.4, 0.5) is 0 Å². The predicted octanol–water partition coefficient (Wildman–Crippen LogP) is -0.842. The van der Waals surface area contributed by atoms with Gasteiger partial charge in [-0.05, 0) is 6.42 Å². The van der Waals surface area contributed by atoms with Gasteiger partial charge in [-0.15, -0.1) is 0 Å². The van der Waals surface area contributed by atoms with Gasteiger partial charge in [0.05, 0.1) is 0 Å². The van der Waals surface area contributed by atoms with E-state index in [1.165, 1.54) is 18.7 Å². The summed E-state index contributed by atoms with van der Waals surface area (Å²) < 4.78 is 7.29. The molecule has 0 radical (unpaired) electrons. The van der Waals surface area contributed by atoms with Crippen molar-refractivity contribution in [1.29, 1.82) is 0 Å². The van der Waals surface area contributed by atoms with Crippen molar-refractivity contribution in [3.05, 3.63) is 26.7 Å². The lowest BCUT2D eigenvalue weighted by Gasteiger charge is -2.05. The summed E-state index contributed by atoms with van der Waals surface area (Å²) in [6.45, 7) is 0.710. The fourth-order valence-electron chi connectivity index (χ4n) is 2.01. The average molecular weight is 282 g/mol. The number of carboxylic acid groups (broad SMARTS) is 1. The molecule has 0 atom stereocenters. The van der Waals surface area contributed by atoms with Crippen LogP contribution in [0.1, 0.15) is 17.0 Å². The Morgan fingerprint density at radius 1 is 1.45 bits per heavy atom. The molecule has 0 saturated heterocycles. The molecule has 2 aromatic rings. The highest BCUT2D eigenvalue weighted by atomic mass is 16.5. The summed E-state index contributed by atoms with van der Waals surface area (Å²) in [5.74, 6) is -1.56. The van der Waals surface area contributed by atoms with Gasteiger partial charge in [-0.25, -0.2) is 14.6 Å². The second kappa shape index (κ2) is 5.29. The molecule has 108 valence electrons. The van der Waals surface area contributed by atoms with Crippen LogP contribution >= 0.6 is 0 Å². The fraction of sp³-hybridized carbons (Fsp3) is 0.455. The molecule has 0 unspecified atom stereocenters. The number of aromatic amines is 1. The first kappa shape index (κ1) is 14.0. The highest BCUT2D eigenvalue weighted by Gasteiger charge is 2.19. The molecule has 2 heterocycles. The molecule has 0 saturated carbocycles. The van der Waals surface area contributed by atoms with Gasteiger partial charge in [-0.2, -0.15) is 0 Å². The van der Waals surface area contributed by atoms with E-state index in [0.29, 0.717) is 13.0 Å². The van der Waals surface area contributed by atoms with E-state index in [1.807, 2.05) is 0 Å². The average Bonchev–Trinajstić information content (AvgIpc) is 2.72. The SMILES string of the molecule is COCCCn1c(=O)[nH]c(=O)c2c1nc(C(=O)O)n2C. The van der Waals surface area contributed by atoms with Crippen LogP contribution in [0.25, 0.3) is 11.2 Å². The van der Waals surface area contributed by atoms with Gasteiger partial charge in [0.25, 0.3) is 5.56 Å². The Balaban J connectivity index is 2.68. The minimum atomic E-state index is -1.26. The van der Waals surface area contributed by atoms with Crippen LogP contribution in [0.15, 0.2) is 9.59 Å². The molecule has 20 heavy (non-hydrogen) atoms. The third-order valence-electron chi connectivity index (χ3n) is 2.93. The lowest BCUT2D eigenvalue weighted by atomic mass is 10.4. The number of aromatic carboxylic acids is 1. The number of H-pyrrole nitrogens is 1. The number of fused-ring (bicyclic) bond motifs is 1. The topological polar surface area (TPSA) is 119 Å². The monoisotopic (exact) mass is 282 g/mol. The van der Waals surface area contributed by atoms with E-state index in [-0.39, 0.29) is 23.5 Å².